The van der Waals surface area contributed by atoms with Crippen LogP contribution in [0.5, 0.6) is 0 Å². The third-order valence-electron chi connectivity index (χ3n) is 7.11. The Hall–Kier alpha value is -1.01. The number of hydrogen-bond donors (Lipinski definition) is 0. The predicted molar refractivity (Wildman–Crippen MR) is 135 cm³/mol. The maximum absolute atomic E-state index is 6.81. The molecule has 0 N–H and O–H groups in total. The second-order valence-corrected chi connectivity index (χ2v) is 13.4. The van der Waals surface area contributed by atoms with E-state index in [1.54, 1.807) is 5.31 Å². The molecule has 3 saturated heterocycles. The van der Waals surface area contributed by atoms with E-state index in [4.69, 9.17) is 21.3 Å². The highest BCUT2D eigenvalue weighted by Gasteiger charge is 2.42. The molecule has 0 radical (unpaired) electrons. The van der Waals surface area contributed by atoms with E-state index in [9.17, 15) is 0 Å². The van der Waals surface area contributed by atoms with Gasteiger partial charge in [-0.1, -0.05) is 42.1 Å². The van der Waals surface area contributed by atoms with Crippen LogP contribution < -0.4 is 0 Å². The smallest absolute Gasteiger partial charge is 0.105 e. The van der Waals surface area contributed by atoms with Crippen LogP contribution in [0.1, 0.15) is 37.7 Å². The number of allylic oxidation sites excluding steroid dienone is 2. The van der Waals surface area contributed by atoms with Crippen molar-refractivity contribution in [3.05, 3.63) is 52.5 Å². The number of ether oxygens (including phenoxy) is 2. The van der Waals surface area contributed by atoms with E-state index in [2.05, 4.69) is 50.6 Å². The Bertz CT molecular complexity index is 864. The van der Waals surface area contributed by atoms with Gasteiger partial charge in [0.2, 0.25) is 0 Å². The summed E-state index contributed by atoms with van der Waals surface area (Å²) in [5, 5.41) is 1.56. The van der Waals surface area contributed by atoms with Crippen LogP contribution in [0.15, 0.2) is 46.9 Å². The molecular formula is C25H36N3O2PS. The maximum Gasteiger partial charge on any atom is 0.105 e. The second-order valence-electron chi connectivity index (χ2n) is 9.10. The van der Waals surface area contributed by atoms with Gasteiger partial charge in [0.05, 0.1) is 26.4 Å². The summed E-state index contributed by atoms with van der Waals surface area (Å²) in [5.74, 6) is 0. The number of likely N-dealkylation sites (tertiary alicyclic amines) is 1. The van der Waals surface area contributed by atoms with Gasteiger partial charge in [0, 0.05) is 50.3 Å². The minimum Gasteiger partial charge on any atom is -0.379 e. The van der Waals surface area contributed by atoms with Crippen molar-refractivity contribution in [2.75, 3.05) is 65.7 Å². The lowest BCUT2D eigenvalue weighted by Crippen LogP contribution is -2.43. The summed E-state index contributed by atoms with van der Waals surface area (Å²) < 4.78 is 16.7. The summed E-state index contributed by atoms with van der Waals surface area (Å²) in [6.07, 6.45) is 6.49. The normalized spacial score (nSPS) is 25.6. The van der Waals surface area contributed by atoms with E-state index in [0.29, 0.717) is 0 Å². The average Bonchev–Trinajstić information content (AvgIpc) is 3.29. The van der Waals surface area contributed by atoms with Crippen LogP contribution in [0.2, 0.25) is 0 Å². The van der Waals surface area contributed by atoms with Gasteiger partial charge in [-0.2, -0.15) is 0 Å². The molecule has 0 aromatic heterocycles. The van der Waals surface area contributed by atoms with E-state index >= 15 is 0 Å². The molecule has 0 atom stereocenters. The Labute approximate surface area is 198 Å². The van der Waals surface area contributed by atoms with Crippen molar-refractivity contribution in [3.63, 3.8) is 0 Å². The van der Waals surface area contributed by atoms with Gasteiger partial charge < -0.3 is 14.4 Å². The molecule has 1 aromatic rings. The molecule has 5 rings (SSSR count). The zero-order valence-corrected chi connectivity index (χ0v) is 20.8. The van der Waals surface area contributed by atoms with Gasteiger partial charge in [-0.05, 0) is 49.3 Å². The summed E-state index contributed by atoms with van der Waals surface area (Å²) in [6, 6.07) is 10.8. The van der Waals surface area contributed by atoms with Crippen LogP contribution in [-0.2, 0) is 21.3 Å². The Balaban J connectivity index is 1.61. The molecule has 5 nitrogen and oxygen atoms in total. The third kappa shape index (κ3) is 4.64. The van der Waals surface area contributed by atoms with Crippen molar-refractivity contribution in [2.45, 2.75) is 32.1 Å². The van der Waals surface area contributed by atoms with E-state index in [0.717, 1.165) is 78.5 Å². The van der Waals surface area contributed by atoms with Crippen molar-refractivity contribution < 1.29 is 9.47 Å². The molecule has 0 amide bonds. The Morgan fingerprint density at radius 1 is 0.750 bits per heavy atom. The standard InChI is InChI=1S/C25H36N3O2PS/c32-31(27-13-17-29-18-14-27,28-15-19-30-20-16-28)24-10-9-23(21-22-7-3-1-4-8-22)25(24)26-11-5-2-6-12-26/h1,3-4,7-8,21H,2,5-6,9-20H2. The first-order valence-corrected chi connectivity index (χ1v) is 15.0. The lowest BCUT2D eigenvalue weighted by Gasteiger charge is -2.47. The lowest BCUT2D eigenvalue weighted by atomic mass is 10.1. The van der Waals surface area contributed by atoms with Gasteiger partial charge >= 0.3 is 0 Å². The minimum absolute atomic E-state index is 0.793. The molecule has 3 heterocycles. The molecule has 1 aliphatic carbocycles. The highest BCUT2D eigenvalue weighted by atomic mass is 32.4. The molecule has 7 heteroatoms. The highest BCUT2D eigenvalue weighted by molar-refractivity contribution is 8.14. The zero-order valence-electron chi connectivity index (χ0n) is 19.1. The van der Waals surface area contributed by atoms with Crippen LogP contribution in [0.25, 0.3) is 6.08 Å². The molecular weight excluding hydrogens is 437 g/mol. The number of nitrogens with zero attached hydrogens (tertiary/aromatic N) is 3. The molecule has 0 unspecified atom stereocenters. The number of hydrogen-bond acceptors (Lipinski definition) is 4. The van der Waals surface area contributed by atoms with E-state index in [1.807, 2.05) is 0 Å². The summed E-state index contributed by atoms with van der Waals surface area (Å²) >= 11 is 6.81. The average molecular weight is 474 g/mol. The summed E-state index contributed by atoms with van der Waals surface area (Å²) in [7, 11) is 0. The first-order chi connectivity index (χ1) is 15.8. The SMILES string of the molecule is S=P(C1=C(N2CCCCC2)C(=Cc2ccccc2)CC1)(N1CCOCC1)N1CCOCC1. The first kappa shape index (κ1) is 22.8. The first-order valence-electron chi connectivity index (χ1n) is 12.3. The van der Waals surface area contributed by atoms with Gasteiger partial charge in [0.15, 0.2) is 0 Å². The van der Waals surface area contributed by atoms with Gasteiger partial charge in [0.25, 0.3) is 0 Å². The molecule has 0 saturated carbocycles. The highest BCUT2D eigenvalue weighted by Crippen LogP contribution is 2.66. The molecule has 174 valence electrons. The largest absolute Gasteiger partial charge is 0.379 e. The number of piperidine rings is 1. The predicted octanol–water partition coefficient (Wildman–Crippen LogP) is 4.54. The van der Waals surface area contributed by atoms with E-state index in [1.165, 1.54) is 36.1 Å². The fourth-order valence-corrected chi connectivity index (χ4v) is 10.5. The van der Waals surface area contributed by atoms with Crippen molar-refractivity contribution in [1.29, 1.82) is 0 Å². The Morgan fingerprint density at radius 2 is 1.34 bits per heavy atom. The fraction of sp³-hybridized carbons (Fsp3) is 0.600. The van der Waals surface area contributed by atoms with Crippen LogP contribution in [-0.4, -0.2) is 79.9 Å². The van der Waals surface area contributed by atoms with Crippen LogP contribution in [0.4, 0.5) is 0 Å². The van der Waals surface area contributed by atoms with Gasteiger partial charge in [-0.25, -0.2) is 0 Å². The van der Waals surface area contributed by atoms with Gasteiger partial charge in [-0.3, -0.25) is 9.34 Å². The monoisotopic (exact) mass is 473 g/mol. The quantitative estimate of drug-likeness (QED) is 0.584. The molecule has 4 aliphatic rings. The summed E-state index contributed by atoms with van der Waals surface area (Å²) in [4.78, 5) is 2.68. The summed E-state index contributed by atoms with van der Waals surface area (Å²) in [6.45, 7) is 9.28. The zero-order chi connectivity index (χ0) is 21.8. The minimum atomic E-state index is -2.05. The van der Waals surface area contributed by atoms with Crippen LogP contribution >= 0.6 is 6.34 Å². The molecule has 3 aliphatic heterocycles. The Kier molecular flexibility index (Phi) is 7.47. The van der Waals surface area contributed by atoms with Crippen molar-refractivity contribution in [1.82, 2.24) is 14.2 Å². The van der Waals surface area contributed by atoms with E-state index in [-0.39, 0.29) is 0 Å². The molecule has 32 heavy (non-hydrogen) atoms. The second kappa shape index (κ2) is 10.5. The van der Waals surface area contributed by atoms with Crippen molar-refractivity contribution >= 4 is 24.2 Å². The van der Waals surface area contributed by atoms with Crippen LogP contribution in [0.3, 0.4) is 0 Å². The fourth-order valence-electron chi connectivity index (χ4n) is 5.52. The van der Waals surface area contributed by atoms with Gasteiger partial charge in [0.1, 0.15) is 6.34 Å². The van der Waals surface area contributed by atoms with Gasteiger partial charge in [-0.15, -0.1) is 0 Å². The Morgan fingerprint density at radius 3 is 1.94 bits per heavy atom. The molecule has 0 spiro atoms. The third-order valence-corrected chi connectivity index (χ3v) is 12.6. The maximum atomic E-state index is 6.81. The van der Waals surface area contributed by atoms with Crippen molar-refractivity contribution in [3.8, 4) is 0 Å². The van der Waals surface area contributed by atoms with E-state index < -0.39 is 6.34 Å². The molecule has 0 bridgehead atoms. The molecule has 3 fully saturated rings. The van der Waals surface area contributed by atoms with Crippen molar-refractivity contribution in [2.24, 2.45) is 0 Å². The lowest BCUT2D eigenvalue weighted by molar-refractivity contribution is 0.0584. The number of morpholine rings is 2. The number of rotatable bonds is 5. The topological polar surface area (TPSA) is 28.2 Å². The number of benzene rings is 1. The van der Waals surface area contributed by atoms with Crippen LogP contribution in [0, 0.1) is 0 Å². The summed E-state index contributed by atoms with van der Waals surface area (Å²) in [5.41, 5.74) is 4.28. The molecule has 1 aromatic carbocycles.